The molecule has 0 aromatic heterocycles. The lowest BCUT2D eigenvalue weighted by atomic mass is 10.1. The first kappa shape index (κ1) is 14.8. The highest BCUT2D eigenvalue weighted by Gasteiger charge is 2.20. The molecule has 20 heavy (non-hydrogen) atoms. The summed E-state index contributed by atoms with van der Waals surface area (Å²) < 4.78 is 23.2. The zero-order valence-corrected chi connectivity index (χ0v) is 12.0. The van der Waals surface area contributed by atoms with E-state index in [2.05, 4.69) is 10.1 Å². The Hall–Kier alpha value is -1.60. The lowest BCUT2D eigenvalue weighted by Gasteiger charge is -2.20. The average Bonchev–Trinajstić information content (AvgIpc) is 2.60. The van der Waals surface area contributed by atoms with Gasteiger partial charge in [0.1, 0.15) is 0 Å². The molecule has 2 rings (SSSR count). The smallest absolute Gasteiger partial charge is 0.170 e. The highest BCUT2D eigenvalue weighted by Crippen LogP contribution is 2.14. The van der Waals surface area contributed by atoms with Crippen molar-refractivity contribution in [1.29, 1.82) is 0 Å². The van der Waals surface area contributed by atoms with Crippen molar-refractivity contribution in [3.05, 3.63) is 35.4 Å². The summed E-state index contributed by atoms with van der Waals surface area (Å²) in [6.45, 7) is 1.86. The Labute approximate surface area is 118 Å². The molecule has 1 aromatic carbocycles. The average molecular weight is 297 g/mol. The van der Waals surface area contributed by atoms with E-state index in [9.17, 15) is 8.42 Å². The Bertz CT molecular complexity index is 599. The minimum absolute atomic E-state index is 0.0723. The van der Waals surface area contributed by atoms with E-state index in [0.717, 1.165) is 12.1 Å². The Morgan fingerprint density at radius 1 is 1.30 bits per heavy atom. The van der Waals surface area contributed by atoms with Crippen molar-refractivity contribution in [2.45, 2.75) is 13.0 Å². The molecule has 0 atom stereocenters. The van der Waals surface area contributed by atoms with Crippen LogP contribution in [0.1, 0.15) is 17.5 Å². The fourth-order valence-corrected chi connectivity index (χ4v) is 3.66. The summed E-state index contributed by atoms with van der Waals surface area (Å²) >= 11 is 0. The van der Waals surface area contributed by atoms with Crippen LogP contribution in [0, 0.1) is 0 Å². The van der Waals surface area contributed by atoms with Crippen molar-refractivity contribution in [2.24, 2.45) is 10.9 Å². The van der Waals surface area contributed by atoms with E-state index >= 15 is 0 Å². The number of sulfone groups is 1. The predicted molar refractivity (Wildman–Crippen MR) is 77.5 cm³/mol. The van der Waals surface area contributed by atoms with Crippen molar-refractivity contribution >= 4 is 15.7 Å². The molecule has 3 N–H and O–H groups in total. The van der Waals surface area contributed by atoms with Crippen LogP contribution in [0.25, 0.3) is 0 Å². The number of nitrogens with two attached hydrogens (primary N) is 1. The topological polar surface area (TPSA) is 96.0 Å². The van der Waals surface area contributed by atoms with E-state index in [1.165, 1.54) is 0 Å². The number of rotatable bonds is 3. The molecule has 0 bridgehead atoms. The third-order valence-corrected chi connectivity index (χ3v) is 5.16. The zero-order valence-electron chi connectivity index (χ0n) is 11.2. The van der Waals surface area contributed by atoms with Crippen LogP contribution in [0.15, 0.2) is 29.4 Å². The van der Waals surface area contributed by atoms with Crippen molar-refractivity contribution < 1.29 is 13.6 Å². The van der Waals surface area contributed by atoms with E-state index in [4.69, 9.17) is 10.9 Å². The van der Waals surface area contributed by atoms with Crippen LogP contribution in [-0.4, -0.2) is 49.0 Å². The molecule has 0 radical (unpaired) electrons. The van der Waals surface area contributed by atoms with Crippen molar-refractivity contribution in [1.82, 2.24) is 4.90 Å². The van der Waals surface area contributed by atoms with E-state index in [1.807, 2.05) is 18.2 Å². The summed E-state index contributed by atoms with van der Waals surface area (Å²) in [5, 5.41) is 11.8. The van der Waals surface area contributed by atoms with Gasteiger partial charge in [-0.25, -0.2) is 8.42 Å². The number of benzene rings is 1. The Morgan fingerprint density at radius 3 is 2.80 bits per heavy atom. The molecule has 0 aliphatic carbocycles. The van der Waals surface area contributed by atoms with E-state index in [1.54, 1.807) is 6.07 Å². The molecule has 0 amide bonds. The summed E-state index contributed by atoms with van der Waals surface area (Å²) in [5.41, 5.74) is 7.27. The second kappa shape index (κ2) is 6.23. The first-order valence-electron chi connectivity index (χ1n) is 6.50. The van der Waals surface area contributed by atoms with Gasteiger partial charge in [0, 0.05) is 18.7 Å². The summed E-state index contributed by atoms with van der Waals surface area (Å²) in [5.74, 6) is 0.521. The highest BCUT2D eigenvalue weighted by molar-refractivity contribution is 7.91. The van der Waals surface area contributed by atoms with Gasteiger partial charge in [0.25, 0.3) is 0 Å². The van der Waals surface area contributed by atoms with Crippen LogP contribution in [0.2, 0.25) is 0 Å². The minimum Gasteiger partial charge on any atom is -0.409 e. The Kier molecular flexibility index (Phi) is 4.61. The molecule has 0 unspecified atom stereocenters. The number of oxime groups is 1. The summed E-state index contributed by atoms with van der Waals surface area (Å²) in [6.07, 6.45) is 0.647. The fraction of sp³-hybridized carbons (Fsp3) is 0.462. The predicted octanol–water partition coefficient (Wildman–Crippen LogP) is 0.402. The second-order valence-corrected chi connectivity index (χ2v) is 7.23. The molecule has 1 heterocycles. The van der Waals surface area contributed by atoms with Gasteiger partial charge in [-0.1, -0.05) is 29.4 Å². The molecule has 0 spiro atoms. The first-order chi connectivity index (χ1) is 9.52. The van der Waals surface area contributed by atoms with Crippen LogP contribution in [-0.2, 0) is 16.4 Å². The molecule has 6 nitrogen and oxygen atoms in total. The van der Waals surface area contributed by atoms with Crippen molar-refractivity contribution in [2.75, 3.05) is 24.6 Å². The number of hydrogen-bond acceptors (Lipinski definition) is 5. The minimum atomic E-state index is -2.91. The van der Waals surface area contributed by atoms with E-state index in [-0.39, 0.29) is 17.3 Å². The third-order valence-electron chi connectivity index (χ3n) is 3.44. The highest BCUT2D eigenvalue weighted by atomic mass is 32.2. The Balaban J connectivity index is 2.14. The third kappa shape index (κ3) is 3.71. The van der Waals surface area contributed by atoms with Gasteiger partial charge in [0.2, 0.25) is 0 Å². The van der Waals surface area contributed by atoms with Gasteiger partial charge in [-0.15, -0.1) is 0 Å². The molecule has 1 saturated heterocycles. The number of hydrogen-bond donors (Lipinski definition) is 2. The molecule has 110 valence electrons. The SMILES string of the molecule is N/C(=N/O)c1ccccc1CN1CCCS(=O)(=O)CC1. The first-order valence-corrected chi connectivity index (χ1v) is 8.32. The lowest BCUT2D eigenvalue weighted by molar-refractivity contribution is 0.287. The second-order valence-electron chi connectivity index (χ2n) is 4.92. The maximum atomic E-state index is 11.6. The van der Waals surface area contributed by atoms with Gasteiger partial charge in [0.05, 0.1) is 11.5 Å². The molecule has 0 saturated carbocycles. The normalized spacial score (nSPS) is 20.5. The number of nitrogens with zero attached hydrogens (tertiary/aromatic N) is 2. The quantitative estimate of drug-likeness (QED) is 0.364. The van der Waals surface area contributed by atoms with Gasteiger partial charge < -0.3 is 10.9 Å². The largest absolute Gasteiger partial charge is 0.409 e. The van der Waals surface area contributed by atoms with E-state index in [0.29, 0.717) is 25.1 Å². The van der Waals surface area contributed by atoms with Crippen molar-refractivity contribution in [3.63, 3.8) is 0 Å². The van der Waals surface area contributed by atoms with Crippen LogP contribution < -0.4 is 5.73 Å². The molecule has 1 aliphatic rings. The molecular formula is C13H19N3O3S. The summed E-state index contributed by atoms with van der Waals surface area (Å²) in [4.78, 5) is 2.09. The van der Waals surface area contributed by atoms with Gasteiger partial charge in [-0.05, 0) is 18.5 Å². The van der Waals surface area contributed by atoms with Crippen LogP contribution in [0.4, 0.5) is 0 Å². The van der Waals surface area contributed by atoms with Crippen molar-refractivity contribution in [3.8, 4) is 0 Å². The fourth-order valence-electron chi connectivity index (χ4n) is 2.35. The van der Waals surface area contributed by atoms with Crippen LogP contribution in [0.5, 0.6) is 0 Å². The number of amidine groups is 1. The molecule has 1 aromatic rings. The van der Waals surface area contributed by atoms with Crippen LogP contribution in [0.3, 0.4) is 0 Å². The standard InChI is InChI=1S/C13H19N3O3S/c14-13(15-17)12-5-2-1-4-11(12)10-16-6-3-8-20(18,19)9-7-16/h1-2,4-5,17H,3,6-10H2,(H2,14,15). The van der Waals surface area contributed by atoms with Gasteiger partial charge >= 0.3 is 0 Å². The molecular weight excluding hydrogens is 278 g/mol. The molecule has 7 heteroatoms. The monoisotopic (exact) mass is 297 g/mol. The Morgan fingerprint density at radius 2 is 2.05 bits per heavy atom. The van der Waals surface area contributed by atoms with Gasteiger partial charge in [0.15, 0.2) is 15.7 Å². The summed E-state index contributed by atoms with van der Waals surface area (Å²) in [6, 6.07) is 7.41. The summed E-state index contributed by atoms with van der Waals surface area (Å²) in [7, 11) is -2.91. The van der Waals surface area contributed by atoms with Gasteiger partial charge in [-0.3, -0.25) is 4.90 Å². The zero-order chi connectivity index (χ0) is 14.6. The lowest BCUT2D eigenvalue weighted by Crippen LogP contribution is -2.28. The molecule has 1 aliphatic heterocycles. The maximum Gasteiger partial charge on any atom is 0.170 e. The van der Waals surface area contributed by atoms with Gasteiger partial charge in [-0.2, -0.15) is 0 Å². The maximum absolute atomic E-state index is 11.6. The molecule has 1 fully saturated rings. The van der Waals surface area contributed by atoms with E-state index < -0.39 is 9.84 Å². The van der Waals surface area contributed by atoms with Crippen LogP contribution >= 0.6 is 0 Å².